The molecule has 0 saturated carbocycles. The summed E-state index contributed by atoms with van der Waals surface area (Å²) in [5.74, 6) is 1.31. The van der Waals surface area contributed by atoms with Gasteiger partial charge in [-0.25, -0.2) is 0 Å². The van der Waals surface area contributed by atoms with Crippen LogP contribution in [-0.2, 0) is 4.79 Å². The standard InChI is InChI=1S/C16H23NO3/c1-5-19-14-9-7-13(11-15(14)20-6-2)8-10-16(18)17-12(3)4/h7-12H,5-6H2,1-4H3,(H,17,18)/b10-8+. The first kappa shape index (κ1) is 16.1. The predicted molar refractivity (Wildman–Crippen MR) is 81.1 cm³/mol. The summed E-state index contributed by atoms with van der Waals surface area (Å²) in [7, 11) is 0. The van der Waals surface area contributed by atoms with Gasteiger partial charge in [-0.05, 0) is 51.5 Å². The summed E-state index contributed by atoms with van der Waals surface area (Å²) < 4.78 is 11.0. The van der Waals surface area contributed by atoms with Crippen molar-refractivity contribution in [2.24, 2.45) is 0 Å². The molecule has 0 bridgehead atoms. The van der Waals surface area contributed by atoms with E-state index in [1.54, 1.807) is 6.08 Å². The summed E-state index contributed by atoms with van der Waals surface area (Å²) in [4.78, 5) is 11.6. The number of ether oxygens (including phenoxy) is 2. The Morgan fingerprint density at radius 1 is 1.20 bits per heavy atom. The van der Waals surface area contributed by atoms with Gasteiger partial charge in [0, 0.05) is 12.1 Å². The summed E-state index contributed by atoms with van der Waals surface area (Å²) in [5, 5.41) is 2.80. The first-order chi connectivity index (χ1) is 9.56. The van der Waals surface area contributed by atoms with Crippen LogP contribution >= 0.6 is 0 Å². The molecule has 0 atom stereocenters. The monoisotopic (exact) mass is 277 g/mol. The van der Waals surface area contributed by atoms with Gasteiger partial charge in [0.1, 0.15) is 0 Å². The van der Waals surface area contributed by atoms with Gasteiger partial charge < -0.3 is 14.8 Å². The number of rotatable bonds is 7. The Labute approximate surface area is 120 Å². The summed E-state index contributed by atoms with van der Waals surface area (Å²) in [5.41, 5.74) is 0.899. The van der Waals surface area contributed by atoms with Crippen LogP contribution in [0, 0.1) is 0 Å². The number of carbonyl (C=O) groups excluding carboxylic acids is 1. The Morgan fingerprint density at radius 2 is 1.85 bits per heavy atom. The highest BCUT2D eigenvalue weighted by Gasteiger charge is 2.05. The summed E-state index contributed by atoms with van der Waals surface area (Å²) in [6, 6.07) is 5.75. The highest BCUT2D eigenvalue weighted by atomic mass is 16.5. The molecule has 1 N–H and O–H groups in total. The van der Waals surface area contributed by atoms with Crippen LogP contribution in [0.2, 0.25) is 0 Å². The molecule has 0 aliphatic heterocycles. The fourth-order valence-electron chi connectivity index (χ4n) is 1.68. The van der Waals surface area contributed by atoms with Gasteiger partial charge in [-0.1, -0.05) is 6.07 Å². The maximum Gasteiger partial charge on any atom is 0.244 e. The summed E-state index contributed by atoms with van der Waals surface area (Å²) in [6.07, 6.45) is 3.28. The molecule has 110 valence electrons. The van der Waals surface area contributed by atoms with Crippen LogP contribution in [0.4, 0.5) is 0 Å². The van der Waals surface area contributed by atoms with E-state index in [1.165, 1.54) is 6.08 Å². The fraction of sp³-hybridized carbons (Fsp3) is 0.438. The quantitative estimate of drug-likeness (QED) is 0.779. The zero-order chi connectivity index (χ0) is 15.0. The molecule has 0 fully saturated rings. The average Bonchev–Trinajstić information content (AvgIpc) is 2.39. The van der Waals surface area contributed by atoms with E-state index in [-0.39, 0.29) is 11.9 Å². The van der Waals surface area contributed by atoms with Crippen molar-refractivity contribution in [2.75, 3.05) is 13.2 Å². The minimum absolute atomic E-state index is 0.105. The van der Waals surface area contributed by atoms with Crippen molar-refractivity contribution in [3.8, 4) is 11.5 Å². The Bertz CT molecular complexity index is 467. The molecule has 0 heterocycles. The minimum atomic E-state index is -0.105. The summed E-state index contributed by atoms with van der Waals surface area (Å²) in [6.45, 7) is 8.87. The summed E-state index contributed by atoms with van der Waals surface area (Å²) >= 11 is 0. The van der Waals surface area contributed by atoms with Crippen LogP contribution in [0.1, 0.15) is 33.3 Å². The lowest BCUT2D eigenvalue weighted by molar-refractivity contribution is -0.116. The van der Waals surface area contributed by atoms with E-state index in [2.05, 4.69) is 5.32 Å². The largest absolute Gasteiger partial charge is 0.490 e. The topological polar surface area (TPSA) is 47.6 Å². The second-order valence-corrected chi connectivity index (χ2v) is 4.57. The van der Waals surface area contributed by atoms with Crippen molar-refractivity contribution in [1.82, 2.24) is 5.32 Å². The highest BCUT2D eigenvalue weighted by Crippen LogP contribution is 2.28. The lowest BCUT2D eigenvalue weighted by Gasteiger charge is -2.11. The lowest BCUT2D eigenvalue weighted by atomic mass is 10.2. The molecule has 0 unspecified atom stereocenters. The molecule has 0 aliphatic carbocycles. The van der Waals surface area contributed by atoms with Crippen LogP contribution in [0.15, 0.2) is 24.3 Å². The number of amides is 1. The third-order valence-corrected chi connectivity index (χ3v) is 2.43. The van der Waals surface area contributed by atoms with Crippen LogP contribution in [-0.4, -0.2) is 25.2 Å². The van der Waals surface area contributed by atoms with E-state index >= 15 is 0 Å². The van der Waals surface area contributed by atoms with Crippen molar-refractivity contribution < 1.29 is 14.3 Å². The Hall–Kier alpha value is -1.97. The predicted octanol–water partition coefficient (Wildman–Crippen LogP) is 3.02. The van der Waals surface area contributed by atoms with Gasteiger partial charge in [-0.15, -0.1) is 0 Å². The molecule has 0 saturated heterocycles. The molecular weight excluding hydrogens is 254 g/mol. The van der Waals surface area contributed by atoms with Gasteiger partial charge >= 0.3 is 0 Å². The van der Waals surface area contributed by atoms with Crippen molar-refractivity contribution in [2.45, 2.75) is 33.7 Å². The van der Waals surface area contributed by atoms with Crippen molar-refractivity contribution >= 4 is 12.0 Å². The molecule has 0 radical (unpaired) electrons. The first-order valence-electron chi connectivity index (χ1n) is 6.95. The van der Waals surface area contributed by atoms with Crippen molar-refractivity contribution in [1.29, 1.82) is 0 Å². The number of nitrogens with one attached hydrogen (secondary N) is 1. The van der Waals surface area contributed by atoms with E-state index in [9.17, 15) is 4.79 Å². The van der Waals surface area contributed by atoms with Crippen molar-refractivity contribution in [3.63, 3.8) is 0 Å². The van der Waals surface area contributed by atoms with Crippen LogP contribution in [0.3, 0.4) is 0 Å². The normalized spacial score (nSPS) is 10.8. The Morgan fingerprint density at radius 3 is 2.45 bits per heavy atom. The Kier molecular flexibility index (Phi) is 6.64. The lowest BCUT2D eigenvalue weighted by Crippen LogP contribution is -2.28. The van der Waals surface area contributed by atoms with Crippen molar-refractivity contribution in [3.05, 3.63) is 29.8 Å². The SMILES string of the molecule is CCOc1ccc(/C=C/C(=O)NC(C)C)cc1OCC. The zero-order valence-corrected chi connectivity index (χ0v) is 12.6. The van der Waals surface area contributed by atoms with E-state index in [4.69, 9.17) is 9.47 Å². The van der Waals surface area contributed by atoms with E-state index in [1.807, 2.05) is 45.9 Å². The Balaban J connectivity index is 2.83. The molecule has 20 heavy (non-hydrogen) atoms. The molecule has 0 aliphatic rings. The molecule has 0 spiro atoms. The van der Waals surface area contributed by atoms with Crippen LogP contribution in [0.25, 0.3) is 6.08 Å². The number of hydrogen-bond donors (Lipinski definition) is 1. The van der Waals surface area contributed by atoms with Gasteiger partial charge in [0.15, 0.2) is 11.5 Å². The molecule has 1 amide bonds. The molecular formula is C16H23NO3. The third kappa shape index (κ3) is 5.34. The third-order valence-electron chi connectivity index (χ3n) is 2.43. The smallest absolute Gasteiger partial charge is 0.244 e. The molecule has 0 aromatic heterocycles. The van der Waals surface area contributed by atoms with Gasteiger partial charge in [0.05, 0.1) is 13.2 Å². The van der Waals surface area contributed by atoms with Gasteiger partial charge in [-0.3, -0.25) is 4.79 Å². The molecule has 1 aromatic carbocycles. The van der Waals surface area contributed by atoms with E-state index in [0.717, 1.165) is 11.3 Å². The maximum absolute atomic E-state index is 11.6. The average molecular weight is 277 g/mol. The number of carbonyl (C=O) groups is 1. The number of benzene rings is 1. The highest BCUT2D eigenvalue weighted by molar-refractivity contribution is 5.91. The van der Waals surface area contributed by atoms with E-state index in [0.29, 0.717) is 19.0 Å². The molecule has 4 heteroatoms. The fourth-order valence-corrected chi connectivity index (χ4v) is 1.68. The van der Waals surface area contributed by atoms with Crippen LogP contribution in [0.5, 0.6) is 11.5 Å². The second-order valence-electron chi connectivity index (χ2n) is 4.57. The second kappa shape index (κ2) is 8.25. The maximum atomic E-state index is 11.6. The van der Waals surface area contributed by atoms with Gasteiger partial charge in [0.2, 0.25) is 5.91 Å². The molecule has 4 nitrogen and oxygen atoms in total. The van der Waals surface area contributed by atoms with Crippen LogP contribution < -0.4 is 14.8 Å². The minimum Gasteiger partial charge on any atom is -0.490 e. The zero-order valence-electron chi connectivity index (χ0n) is 12.6. The number of hydrogen-bond acceptors (Lipinski definition) is 3. The first-order valence-corrected chi connectivity index (χ1v) is 6.95. The van der Waals surface area contributed by atoms with Gasteiger partial charge in [0.25, 0.3) is 0 Å². The van der Waals surface area contributed by atoms with E-state index < -0.39 is 0 Å². The molecule has 1 rings (SSSR count). The van der Waals surface area contributed by atoms with Gasteiger partial charge in [-0.2, -0.15) is 0 Å². The molecule has 1 aromatic rings.